The van der Waals surface area contributed by atoms with E-state index < -0.39 is 0 Å². The lowest BCUT2D eigenvalue weighted by Gasteiger charge is -2.23. The summed E-state index contributed by atoms with van der Waals surface area (Å²) in [6.45, 7) is 2.73. The summed E-state index contributed by atoms with van der Waals surface area (Å²) in [6, 6.07) is 8.76. The molecule has 0 heterocycles. The van der Waals surface area contributed by atoms with E-state index in [0.29, 0.717) is 12.6 Å². The molecule has 1 aliphatic carbocycles. The lowest BCUT2D eigenvalue weighted by molar-refractivity contribution is 0.0921. The van der Waals surface area contributed by atoms with Crippen LogP contribution in [-0.4, -0.2) is 30.3 Å². The van der Waals surface area contributed by atoms with Crippen molar-refractivity contribution in [3.05, 3.63) is 35.4 Å². The van der Waals surface area contributed by atoms with Crippen LogP contribution in [0, 0.1) is 0 Å². The maximum Gasteiger partial charge on any atom is 0.176 e. The van der Waals surface area contributed by atoms with E-state index in [-0.39, 0.29) is 5.78 Å². The molecule has 0 bridgehead atoms. The van der Waals surface area contributed by atoms with Crippen molar-refractivity contribution in [3.8, 4) is 0 Å². The van der Waals surface area contributed by atoms with E-state index in [1.165, 1.54) is 31.2 Å². The van der Waals surface area contributed by atoms with Crippen LogP contribution in [0.2, 0.25) is 0 Å². The first-order chi connectivity index (χ1) is 9.20. The molecule has 0 amide bonds. The van der Waals surface area contributed by atoms with Gasteiger partial charge in [0.05, 0.1) is 6.54 Å². The van der Waals surface area contributed by atoms with Crippen LogP contribution in [0.15, 0.2) is 24.3 Å². The highest BCUT2D eigenvalue weighted by atomic mass is 16.1. The quantitative estimate of drug-likeness (QED) is 0.726. The van der Waals surface area contributed by atoms with E-state index in [0.717, 1.165) is 18.4 Å². The molecule has 0 unspecified atom stereocenters. The average Bonchev–Trinajstić information content (AvgIpc) is 2.94. The van der Waals surface area contributed by atoms with E-state index in [1.807, 2.05) is 12.1 Å². The van der Waals surface area contributed by atoms with Gasteiger partial charge in [0.15, 0.2) is 5.78 Å². The van der Waals surface area contributed by atoms with Crippen molar-refractivity contribution in [1.29, 1.82) is 0 Å². The second kappa shape index (κ2) is 6.85. The molecule has 2 nitrogen and oxygen atoms in total. The zero-order chi connectivity index (χ0) is 13.7. The third kappa shape index (κ3) is 3.90. The fourth-order valence-electron chi connectivity index (χ4n) is 2.94. The SMILES string of the molecule is CCCc1ccc(C(=O)CN(C)C2CCCC2)cc1. The Labute approximate surface area is 116 Å². The van der Waals surface area contributed by atoms with Crippen LogP contribution in [0.4, 0.5) is 0 Å². The summed E-state index contributed by atoms with van der Waals surface area (Å²) in [6.07, 6.45) is 7.37. The van der Waals surface area contributed by atoms with Crippen LogP contribution < -0.4 is 0 Å². The third-order valence-electron chi connectivity index (χ3n) is 4.16. The van der Waals surface area contributed by atoms with Gasteiger partial charge in [-0.05, 0) is 31.9 Å². The van der Waals surface area contributed by atoms with Crippen molar-refractivity contribution in [1.82, 2.24) is 4.90 Å². The van der Waals surface area contributed by atoms with Crippen molar-refractivity contribution in [2.75, 3.05) is 13.6 Å². The van der Waals surface area contributed by atoms with Gasteiger partial charge in [-0.15, -0.1) is 0 Å². The minimum Gasteiger partial charge on any atom is -0.296 e. The standard InChI is InChI=1S/C17H25NO/c1-3-6-14-9-11-15(12-10-14)17(19)13-18(2)16-7-4-5-8-16/h9-12,16H,3-8,13H2,1-2H3. The molecule has 2 heteroatoms. The Morgan fingerprint density at radius 3 is 2.42 bits per heavy atom. The number of aryl methyl sites for hydroxylation is 1. The number of hydrogen-bond donors (Lipinski definition) is 0. The number of carbonyl (C=O) groups excluding carboxylic acids is 1. The lowest BCUT2D eigenvalue weighted by Crippen LogP contribution is -2.34. The number of ketones is 1. The summed E-state index contributed by atoms with van der Waals surface area (Å²) in [5.74, 6) is 0.248. The van der Waals surface area contributed by atoms with E-state index in [4.69, 9.17) is 0 Å². The van der Waals surface area contributed by atoms with Gasteiger partial charge in [-0.25, -0.2) is 0 Å². The van der Waals surface area contributed by atoms with E-state index in [1.54, 1.807) is 0 Å². The monoisotopic (exact) mass is 259 g/mol. The molecular weight excluding hydrogens is 234 g/mol. The molecule has 0 N–H and O–H groups in total. The molecule has 1 aromatic rings. The summed E-state index contributed by atoms with van der Waals surface area (Å²) in [5, 5.41) is 0. The minimum atomic E-state index is 0.248. The molecule has 0 aliphatic heterocycles. The Bertz CT molecular complexity index is 404. The summed E-state index contributed by atoms with van der Waals surface area (Å²) in [4.78, 5) is 14.5. The number of rotatable bonds is 6. The number of likely N-dealkylation sites (N-methyl/N-ethyl adjacent to an activating group) is 1. The van der Waals surface area contributed by atoms with Crippen molar-refractivity contribution >= 4 is 5.78 Å². The molecule has 1 aromatic carbocycles. The van der Waals surface area contributed by atoms with Crippen LogP contribution >= 0.6 is 0 Å². The highest BCUT2D eigenvalue weighted by Crippen LogP contribution is 2.22. The minimum absolute atomic E-state index is 0.248. The van der Waals surface area contributed by atoms with Crippen molar-refractivity contribution in [3.63, 3.8) is 0 Å². The molecule has 0 saturated heterocycles. The number of carbonyl (C=O) groups is 1. The largest absolute Gasteiger partial charge is 0.296 e. The number of nitrogens with zero attached hydrogens (tertiary/aromatic N) is 1. The topological polar surface area (TPSA) is 20.3 Å². The predicted octanol–water partition coefficient (Wildman–Crippen LogP) is 3.70. The molecule has 0 radical (unpaired) electrons. The number of benzene rings is 1. The van der Waals surface area contributed by atoms with Crippen LogP contribution in [0.25, 0.3) is 0 Å². The smallest absolute Gasteiger partial charge is 0.176 e. The van der Waals surface area contributed by atoms with Crippen LogP contribution in [0.3, 0.4) is 0 Å². The number of Topliss-reactive ketones (excluding diaryl/α,β-unsaturated/α-hetero) is 1. The van der Waals surface area contributed by atoms with Crippen LogP contribution in [-0.2, 0) is 6.42 Å². The molecule has 1 fully saturated rings. The van der Waals surface area contributed by atoms with E-state index in [2.05, 4.69) is 31.0 Å². The zero-order valence-electron chi connectivity index (χ0n) is 12.2. The Morgan fingerprint density at radius 1 is 1.21 bits per heavy atom. The van der Waals surface area contributed by atoms with Gasteiger partial charge in [-0.3, -0.25) is 9.69 Å². The average molecular weight is 259 g/mol. The molecule has 0 spiro atoms. The molecule has 19 heavy (non-hydrogen) atoms. The summed E-state index contributed by atoms with van der Waals surface area (Å²) < 4.78 is 0. The van der Waals surface area contributed by atoms with Gasteiger partial charge in [0.25, 0.3) is 0 Å². The van der Waals surface area contributed by atoms with Gasteiger partial charge in [0.1, 0.15) is 0 Å². The second-order valence-corrected chi connectivity index (χ2v) is 5.72. The van der Waals surface area contributed by atoms with Gasteiger partial charge in [-0.1, -0.05) is 50.5 Å². The van der Waals surface area contributed by atoms with Crippen LogP contribution in [0.1, 0.15) is 54.9 Å². The zero-order valence-corrected chi connectivity index (χ0v) is 12.2. The Morgan fingerprint density at radius 2 is 1.84 bits per heavy atom. The summed E-state index contributed by atoms with van der Waals surface area (Å²) >= 11 is 0. The maximum atomic E-state index is 12.2. The third-order valence-corrected chi connectivity index (χ3v) is 4.16. The van der Waals surface area contributed by atoms with Gasteiger partial charge in [0, 0.05) is 11.6 Å². The van der Waals surface area contributed by atoms with Crippen LogP contribution in [0.5, 0.6) is 0 Å². The van der Waals surface area contributed by atoms with E-state index >= 15 is 0 Å². The Balaban J connectivity index is 1.91. The van der Waals surface area contributed by atoms with Crippen molar-refractivity contribution in [2.24, 2.45) is 0 Å². The van der Waals surface area contributed by atoms with E-state index in [9.17, 15) is 4.79 Å². The Hall–Kier alpha value is -1.15. The van der Waals surface area contributed by atoms with Gasteiger partial charge in [0.2, 0.25) is 0 Å². The van der Waals surface area contributed by atoms with Gasteiger partial charge < -0.3 is 0 Å². The second-order valence-electron chi connectivity index (χ2n) is 5.72. The highest BCUT2D eigenvalue weighted by Gasteiger charge is 2.21. The molecule has 1 aliphatic rings. The summed E-state index contributed by atoms with van der Waals surface area (Å²) in [5.41, 5.74) is 2.17. The molecule has 0 aromatic heterocycles. The van der Waals surface area contributed by atoms with Crippen molar-refractivity contribution < 1.29 is 4.79 Å². The fraction of sp³-hybridized carbons (Fsp3) is 0.588. The first-order valence-corrected chi connectivity index (χ1v) is 7.53. The molecule has 2 rings (SSSR count). The highest BCUT2D eigenvalue weighted by molar-refractivity contribution is 5.97. The predicted molar refractivity (Wildman–Crippen MR) is 79.7 cm³/mol. The molecule has 104 valence electrons. The first-order valence-electron chi connectivity index (χ1n) is 7.53. The lowest BCUT2D eigenvalue weighted by atomic mass is 10.0. The maximum absolute atomic E-state index is 12.2. The normalized spacial score (nSPS) is 16.2. The summed E-state index contributed by atoms with van der Waals surface area (Å²) in [7, 11) is 2.08. The Kier molecular flexibility index (Phi) is 5.15. The van der Waals surface area contributed by atoms with Crippen molar-refractivity contribution in [2.45, 2.75) is 51.5 Å². The van der Waals surface area contributed by atoms with Gasteiger partial charge in [-0.2, -0.15) is 0 Å². The fourth-order valence-corrected chi connectivity index (χ4v) is 2.94. The molecular formula is C17H25NO. The number of hydrogen-bond acceptors (Lipinski definition) is 2. The molecule has 1 saturated carbocycles. The molecule has 0 atom stereocenters. The van der Waals surface area contributed by atoms with Gasteiger partial charge >= 0.3 is 0 Å². The first kappa shape index (κ1) is 14.3.